The summed E-state index contributed by atoms with van der Waals surface area (Å²) < 4.78 is 0. The average molecular weight is 360 g/mol. The zero-order chi connectivity index (χ0) is 18.7. The van der Waals surface area contributed by atoms with E-state index in [1.165, 1.54) is 6.07 Å². The second-order valence-electron chi connectivity index (χ2n) is 7.83. The molecule has 1 amide bonds. The third-order valence-corrected chi connectivity index (χ3v) is 5.28. The van der Waals surface area contributed by atoms with Gasteiger partial charge in [0.05, 0.1) is 4.92 Å². The molecule has 3 unspecified atom stereocenters. The van der Waals surface area contributed by atoms with E-state index < -0.39 is 0 Å². The molecule has 2 saturated heterocycles. The standard InChI is InChI=1S/C19H28N4O3/c1-13-8-14(2)12-22(11-13)17-6-5-15(9-18(17)23(25)26)19(24)21-16-4-3-7-20-10-16/h5-6,9,13-14,16,20H,3-4,7-8,10-12H2,1-2H3,(H,21,24). The Morgan fingerprint density at radius 2 is 2.04 bits per heavy atom. The molecule has 142 valence electrons. The molecule has 2 fully saturated rings. The van der Waals surface area contributed by atoms with E-state index in [1.54, 1.807) is 12.1 Å². The summed E-state index contributed by atoms with van der Waals surface area (Å²) in [5.41, 5.74) is 0.981. The van der Waals surface area contributed by atoms with E-state index >= 15 is 0 Å². The zero-order valence-corrected chi connectivity index (χ0v) is 15.5. The van der Waals surface area contributed by atoms with Crippen LogP contribution in [0.25, 0.3) is 0 Å². The number of carbonyl (C=O) groups excluding carboxylic acids is 1. The zero-order valence-electron chi connectivity index (χ0n) is 15.5. The summed E-state index contributed by atoms with van der Waals surface area (Å²) in [6, 6.07) is 4.94. The lowest BCUT2D eigenvalue weighted by Gasteiger charge is -2.36. The molecule has 0 spiro atoms. The minimum Gasteiger partial charge on any atom is -0.365 e. The number of piperidine rings is 2. The van der Waals surface area contributed by atoms with Gasteiger partial charge in [0, 0.05) is 37.3 Å². The van der Waals surface area contributed by atoms with Gasteiger partial charge in [-0.3, -0.25) is 14.9 Å². The van der Waals surface area contributed by atoms with Gasteiger partial charge in [0.25, 0.3) is 11.6 Å². The molecule has 1 aromatic rings. The molecule has 7 nitrogen and oxygen atoms in total. The topological polar surface area (TPSA) is 87.5 Å². The second-order valence-corrected chi connectivity index (χ2v) is 7.83. The summed E-state index contributed by atoms with van der Waals surface area (Å²) in [6.45, 7) is 7.69. The van der Waals surface area contributed by atoms with Crippen molar-refractivity contribution in [3.63, 3.8) is 0 Å². The van der Waals surface area contributed by atoms with Crippen molar-refractivity contribution in [3.05, 3.63) is 33.9 Å². The Kier molecular flexibility index (Phi) is 5.76. The first-order valence-electron chi connectivity index (χ1n) is 9.49. The lowest BCUT2D eigenvalue weighted by molar-refractivity contribution is -0.384. The van der Waals surface area contributed by atoms with Crippen LogP contribution in [0.5, 0.6) is 0 Å². The van der Waals surface area contributed by atoms with Gasteiger partial charge < -0.3 is 15.5 Å². The van der Waals surface area contributed by atoms with Crippen molar-refractivity contribution in [2.45, 2.75) is 39.2 Å². The maximum atomic E-state index is 12.5. The fraction of sp³-hybridized carbons (Fsp3) is 0.632. The highest BCUT2D eigenvalue weighted by atomic mass is 16.6. The van der Waals surface area contributed by atoms with Crippen LogP contribution in [-0.2, 0) is 0 Å². The number of benzene rings is 1. The van der Waals surface area contributed by atoms with Crippen molar-refractivity contribution < 1.29 is 9.72 Å². The lowest BCUT2D eigenvalue weighted by Crippen LogP contribution is -2.45. The van der Waals surface area contributed by atoms with Gasteiger partial charge in [-0.25, -0.2) is 0 Å². The first kappa shape index (κ1) is 18.6. The number of amides is 1. The minimum absolute atomic E-state index is 0.0146. The van der Waals surface area contributed by atoms with E-state index in [0.717, 1.165) is 45.4 Å². The minimum atomic E-state index is -0.377. The third kappa shape index (κ3) is 4.33. The molecule has 2 heterocycles. The molecule has 0 aliphatic carbocycles. The van der Waals surface area contributed by atoms with Gasteiger partial charge in [-0.2, -0.15) is 0 Å². The van der Waals surface area contributed by atoms with Crippen LogP contribution in [0.4, 0.5) is 11.4 Å². The smallest absolute Gasteiger partial charge is 0.293 e. The molecule has 7 heteroatoms. The highest BCUT2D eigenvalue weighted by molar-refractivity contribution is 5.96. The van der Waals surface area contributed by atoms with Crippen molar-refractivity contribution in [1.82, 2.24) is 10.6 Å². The Balaban J connectivity index is 1.80. The average Bonchev–Trinajstić information content (AvgIpc) is 2.61. The van der Waals surface area contributed by atoms with Crippen molar-refractivity contribution >= 4 is 17.3 Å². The van der Waals surface area contributed by atoms with Crippen LogP contribution < -0.4 is 15.5 Å². The third-order valence-electron chi connectivity index (χ3n) is 5.28. The number of nitrogens with zero attached hydrogens (tertiary/aromatic N) is 2. The second kappa shape index (κ2) is 8.03. The van der Waals surface area contributed by atoms with Crippen LogP contribution in [0.3, 0.4) is 0 Å². The largest absolute Gasteiger partial charge is 0.365 e. The van der Waals surface area contributed by atoms with E-state index in [2.05, 4.69) is 29.4 Å². The molecule has 2 aliphatic rings. The lowest BCUT2D eigenvalue weighted by atomic mass is 9.91. The van der Waals surface area contributed by atoms with Crippen LogP contribution in [0.15, 0.2) is 18.2 Å². The maximum Gasteiger partial charge on any atom is 0.293 e. The first-order valence-corrected chi connectivity index (χ1v) is 9.49. The van der Waals surface area contributed by atoms with Gasteiger partial charge in [0.15, 0.2) is 0 Å². The highest BCUT2D eigenvalue weighted by Crippen LogP contribution is 2.33. The van der Waals surface area contributed by atoms with Gasteiger partial charge in [-0.15, -0.1) is 0 Å². The Bertz CT molecular complexity index is 663. The molecule has 0 aromatic heterocycles. The number of hydrogen-bond donors (Lipinski definition) is 2. The molecule has 3 atom stereocenters. The van der Waals surface area contributed by atoms with Crippen LogP contribution in [0.1, 0.15) is 43.5 Å². The number of rotatable bonds is 4. The summed E-state index contributed by atoms with van der Waals surface area (Å²) in [7, 11) is 0. The van der Waals surface area contributed by atoms with E-state index in [-0.39, 0.29) is 22.6 Å². The van der Waals surface area contributed by atoms with E-state index in [9.17, 15) is 14.9 Å². The number of nitro groups is 1. The summed E-state index contributed by atoms with van der Waals surface area (Å²) in [5, 5.41) is 17.9. The molecule has 2 aliphatic heterocycles. The van der Waals surface area contributed by atoms with Crippen molar-refractivity contribution in [3.8, 4) is 0 Å². The van der Waals surface area contributed by atoms with Gasteiger partial charge in [-0.05, 0) is 49.8 Å². The molecule has 0 bridgehead atoms. The van der Waals surface area contributed by atoms with Crippen LogP contribution in [0, 0.1) is 22.0 Å². The van der Waals surface area contributed by atoms with Crippen molar-refractivity contribution in [1.29, 1.82) is 0 Å². The van der Waals surface area contributed by atoms with Gasteiger partial charge in [0.1, 0.15) is 5.69 Å². The molecule has 3 rings (SSSR count). The fourth-order valence-corrected chi connectivity index (χ4v) is 4.18. The molecular formula is C19H28N4O3. The highest BCUT2D eigenvalue weighted by Gasteiger charge is 2.28. The van der Waals surface area contributed by atoms with Crippen LogP contribution in [0.2, 0.25) is 0 Å². The molecule has 0 saturated carbocycles. The number of anilines is 1. The van der Waals surface area contributed by atoms with Crippen molar-refractivity contribution in [2.75, 3.05) is 31.1 Å². The Labute approximate surface area is 154 Å². The number of nitrogens with one attached hydrogen (secondary N) is 2. The predicted octanol–water partition coefficient (Wildman–Crippen LogP) is 2.56. The Morgan fingerprint density at radius 1 is 1.31 bits per heavy atom. The van der Waals surface area contributed by atoms with E-state index in [4.69, 9.17) is 0 Å². The Hall–Kier alpha value is -2.15. The van der Waals surface area contributed by atoms with Gasteiger partial charge >= 0.3 is 0 Å². The van der Waals surface area contributed by atoms with Gasteiger partial charge in [0.2, 0.25) is 0 Å². The number of nitro benzene ring substituents is 1. The molecule has 0 radical (unpaired) electrons. The summed E-state index contributed by atoms with van der Waals surface area (Å²) >= 11 is 0. The predicted molar refractivity (Wildman–Crippen MR) is 102 cm³/mol. The monoisotopic (exact) mass is 360 g/mol. The Morgan fingerprint density at radius 3 is 2.65 bits per heavy atom. The fourth-order valence-electron chi connectivity index (χ4n) is 4.18. The molecule has 26 heavy (non-hydrogen) atoms. The summed E-state index contributed by atoms with van der Waals surface area (Å²) in [6.07, 6.45) is 3.10. The van der Waals surface area contributed by atoms with Crippen LogP contribution >= 0.6 is 0 Å². The molecule has 2 N–H and O–H groups in total. The summed E-state index contributed by atoms with van der Waals surface area (Å²) in [5.74, 6) is 0.758. The summed E-state index contributed by atoms with van der Waals surface area (Å²) in [4.78, 5) is 25.8. The van der Waals surface area contributed by atoms with Crippen LogP contribution in [-0.4, -0.2) is 43.1 Å². The SMILES string of the molecule is CC1CC(C)CN(c2ccc(C(=O)NC3CCCNC3)cc2[N+](=O)[O-])C1. The maximum absolute atomic E-state index is 12.5. The molecular weight excluding hydrogens is 332 g/mol. The van der Waals surface area contributed by atoms with Gasteiger partial charge in [-0.1, -0.05) is 13.8 Å². The number of carbonyl (C=O) groups is 1. The number of hydrogen-bond acceptors (Lipinski definition) is 5. The molecule has 1 aromatic carbocycles. The van der Waals surface area contributed by atoms with E-state index in [0.29, 0.717) is 23.1 Å². The quantitative estimate of drug-likeness (QED) is 0.636. The van der Waals surface area contributed by atoms with Crippen molar-refractivity contribution in [2.24, 2.45) is 11.8 Å². The van der Waals surface area contributed by atoms with E-state index in [1.807, 2.05) is 0 Å². The normalized spacial score (nSPS) is 26.4. The first-order chi connectivity index (χ1) is 12.4.